The van der Waals surface area contributed by atoms with Crippen molar-refractivity contribution in [3.8, 4) is 0 Å². The quantitative estimate of drug-likeness (QED) is 0.525. The van der Waals surface area contributed by atoms with Crippen molar-refractivity contribution < 1.29 is 4.74 Å². The summed E-state index contributed by atoms with van der Waals surface area (Å²) in [5.41, 5.74) is 0.383. The van der Waals surface area contributed by atoms with E-state index in [0.717, 1.165) is 32.2 Å². The van der Waals surface area contributed by atoms with Crippen LogP contribution < -0.4 is 5.32 Å². The van der Waals surface area contributed by atoms with Crippen LogP contribution >= 0.6 is 11.6 Å². The maximum absolute atomic E-state index is 6.03. The molecule has 84 valence electrons. The largest absolute Gasteiger partial charge is 0.380 e. The molecule has 3 heteroatoms. The fourth-order valence-corrected chi connectivity index (χ4v) is 2.49. The van der Waals surface area contributed by atoms with Crippen LogP contribution in [-0.4, -0.2) is 32.2 Å². The van der Waals surface area contributed by atoms with Gasteiger partial charge < -0.3 is 10.1 Å². The lowest BCUT2D eigenvalue weighted by molar-refractivity contribution is 0.146. The topological polar surface area (TPSA) is 21.3 Å². The van der Waals surface area contributed by atoms with Gasteiger partial charge in [-0.1, -0.05) is 12.8 Å². The molecule has 1 rings (SSSR count). The summed E-state index contributed by atoms with van der Waals surface area (Å²) < 4.78 is 5.27. The Bertz CT molecular complexity index is 146. The van der Waals surface area contributed by atoms with Gasteiger partial charge in [0.05, 0.1) is 6.61 Å². The Kier molecular flexibility index (Phi) is 5.83. The lowest BCUT2D eigenvalue weighted by Gasteiger charge is -2.26. The van der Waals surface area contributed by atoms with E-state index in [9.17, 15) is 0 Å². The van der Waals surface area contributed by atoms with Crippen LogP contribution in [0.15, 0.2) is 0 Å². The minimum Gasteiger partial charge on any atom is -0.380 e. The van der Waals surface area contributed by atoms with Crippen LogP contribution in [-0.2, 0) is 4.74 Å². The predicted molar refractivity (Wildman–Crippen MR) is 61.0 cm³/mol. The number of ether oxygens (including phenoxy) is 1. The third-order valence-corrected chi connectivity index (χ3v) is 3.64. The van der Waals surface area contributed by atoms with Crippen LogP contribution in [0.5, 0.6) is 0 Å². The minimum atomic E-state index is 0.383. The van der Waals surface area contributed by atoms with Crippen molar-refractivity contribution in [2.45, 2.75) is 32.6 Å². The molecule has 0 aromatic heterocycles. The highest BCUT2D eigenvalue weighted by Crippen LogP contribution is 2.38. The first-order valence-electron chi connectivity index (χ1n) is 5.67. The van der Waals surface area contributed by atoms with Crippen molar-refractivity contribution in [1.29, 1.82) is 0 Å². The number of nitrogens with one attached hydrogen (secondary N) is 1. The molecule has 0 amide bonds. The predicted octanol–water partition coefficient (Wildman–Crippen LogP) is 2.41. The zero-order valence-corrected chi connectivity index (χ0v) is 9.91. The molecular formula is C11H22ClNO. The Morgan fingerprint density at radius 1 is 1.36 bits per heavy atom. The fourth-order valence-electron chi connectivity index (χ4n) is 2.12. The summed E-state index contributed by atoms with van der Waals surface area (Å²) in [5, 5.41) is 3.44. The van der Waals surface area contributed by atoms with Crippen molar-refractivity contribution in [2.75, 3.05) is 32.2 Å². The Labute approximate surface area is 92.3 Å². The molecule has 0 radical (unpaired) electrons. The molecule has 0 aromatic rings. The third-order valence-electron chi connectivity index (χ3n) is 3.07. The molecule has 0 atom stereocenters. The summed E-state index contributed by atoms with van der Waals surface area (Å²) in [7, 11) is 0. The average molecular weight is 220 g/mol. The second-order valence-electron chi connectivity index (χ2n) is 4.21. The van der Waals surface area contributed by atoms with Crippen LogP contribution in [0.25, 0.3) is 0 Å². The summed E-state index contributed by atoms with van der Waals surface area (Å²) in [4.78, 5) is 0. The molecule has 1 N–H and O–H groups in total. The van der Waals surface area contributed by atoms with Crippen LogP contribution in [0.2, 0.25) is 0 Å². The Morgan fingerprint density at radius 2 is 2.07 bits per heavy atom. The summed E-state index contributed by atoms with van der Waals surface area (Å²) >= 11 is 6.03. The van der Waals surface area contributed by atoms with E-state index >= 15 is 0 Å². The number of hydrogen-bond acceptors (Lipinski definition) is 2. The lowest BCUT2D eigenvalue weighted by atomic mass is 9.88. The minimum absolute atomic E-state index is 0.383. The lowest BCUT2D eigenvalue weighted by Crippen LogP contribution is -2.35. The molecule has 1 aliphatic rings. The standard InChI is InChI=1S/C11H22ClNO/c1-2-14-8-7-13-10-11(9-12)5-3-4-6-11/h13H,2-10H2,1H3. The van der Waals surface area contributed by atoms with Gasteiger partial charge in [0, 0.05) is 25.6 Å². The van der Waals surface area contributed by atoms with Gasteiger partial charge in [-0.25, -0.2) is 0 Å². The highest BCUT2D eigenvalue weighted by molar-refractivity contribution is 6.18. The molecule has 0 saturated heterocycles. The normalized spacial score (nSPS) is 20.1. The van der Waals surface area contributed by atoms with E-state index in [1.165, 1.54) is 25.7 Å². The molecule has 0 heterocycles. The van der Waals surface area contributed by atoms with E-state index in [1.54, 1.807) is 0 Å². The second-order valence-corrected chi connectivity index (χ2v) is 4.48. The first kappa shape index (κ1) is 12.3. The number of rotatable bonds is 7. The zero-order chi connectivity index (χ0) is 10.3. The van der Waals surface area contributed by atoms with Gasteiger partial charge in [-0.15, -0.1) is 11.6 Å². The van der Waals surface area contributed by atoms with Crippen molar-refractivity contribution in [3.05, 3.63) is 0 Å². The van der Waals surface area contributed by atoms with Gasteiger partial charge in [0.2, 0.25) is 0 Å². The highest BCUT2D eigenvalue weighted by atomic mass is 35.5. The van der Waals surface area contributed by atoms with E-state index in [4.69, 9.17) is 16.3 Å². The van der Waals surface area contributed by atoms with Crippen LogP contribution in [0, 0.1) is 5.41 Å². The van der Waals surface area contributed by atoms with Crippen molar-refractivity contribution in [2.24, 2.45) is 5.41 Å². The summed E-state index contributed by atoms with van der Waals surface area (Å²) in [6.45, 7) is 5.66. The van der Waals surface area contributed by atoms with Gasteiger partial charge in [-0.3, -0.25) is 0 Å². The van der Waals surface area contributed by atoms with Crippen molar-refractivity contribution >= 4 is 11.6 Å². The first-order valence-corrected chi connectivity index (χ1v) is 6.21. The summed E-state index contributed by atoms with van der Waals surface area (Å²) in [6, 6.07) is 0. The summed E-state index contributed by atoms with van der Waals surface area (Å²) in [5.74, 6) is 0.800. The number of hydrogen-bond donors (Lipinski definition) is 1. The Balaban J connectivity index is 2.08. The fraction of sp³-hybridized carbons (Fsp3) is 1.00. The van der Waals surface area contributed by atoms with Crippen molar-refractivity contribution in [3.63, 3.8) is 0 Å². The Hall–Kier alpha value is 0.210. The smallest absolute Gasteiger partial charge is 0.0590 e. The van der Waals surface area contributed by atoms with Gasteiger partial charge in [0.15, 0.2) is 0 Å². The van der Waals surface area contributed by atoms with E-state index < -0.39 is 0 Å². The second kappa shape index (κ2) is 6.65. The average Bonchev–Trinajstić information content (AvgIpc) is 2.67. The van der Waals surface area contributed by atoms with E-state index in [2.05, 4.69) is 5.32 Å². The molecule has 0 aliphatic heterocycles. The maximum Gasteiger partial charge on any atom is 0.0590 e. The van der Waals surface area contributed by atoms with Crippen LogP contribution in [0.4, 0.5) is 0 Å². The molecule has 1 aliphatic carbocycles. The summed E-state index contributed by atoms with van der Waals surface area (Å²) in [6.07, 6.45) is 5.27. The SMILES string of the molecule is CCOCCNCC1(CCl)CCCC1. The van der Waals surface area contributed by atoms with E-state index in [-0.39, 0.29) is 0 Å². The molecule has 2 nitrogen and oxygen atoms in total. The van der Waals surface area contributed by atoms with Gasteiger partial charge >= 0.3 is 0 Å². The van der Waals surface area contributed by atoms with Crippen LogP contribution in [0.1, 0.15) is 32.6 Å². The monoisotopic (exact) mass is 219 g/mol. The molecule has 0 unspecified atom stereocenters. The molecule has 0 aromatic carbocycles. The van der Waals surface area contributed by atoms with E-state index in [1.807, 2.05) is 6.92 Å². The molecule has 1 saturated carbocycles. The molecular weight excluding hydrogens is 198 g/mol. The van der Waals surface area contributed by atoms with Gasteiger partial charge in [0.25, 0.3) is 0 Å². The van der Waals surface area contributed by atoms with E-state index in [0.29, 0.717) is 5.41 Å². The molecule has 0 spiro atoms. The number of alkyl halides is 1. The highest BCUT2D eigenvalue weighted by Gasteiger charge is 2.32. The molecule has 1 fully saturated rings. The zero-order valence-electron chi connectivity index (χ0n) is 9.15. The molecule has 0 bridgehead atoms. The Morgan fingerprint density at radius 3 is 2.64 bits per heavy atom. The maximum atomic E-state index is 6.03. The number of halogens is 1. The van der Waals surface area contributed by atoms with Crippen LogP contribution in [0.3, 0.4) is 0 Å². The van der Waals surface area contributed by atoms with Gasteiger partial charge in [-0.2, -0.15) is 0 Å². The van der Waals surface area contributed by atoms with Gasteiger partial charge in [-0.05, 0) is 25.2 Å². The first-order chi connectivity index (χ1) is 6.83. The third kappa shape index (κ3) is 3.76. The van der Waals surface area contributed by atoms with Crippen molar-refractivity contribution in [1.82, 2.24) is 5.32 Å². The van der Waals surface area contributed by atoms with Gasteiger partial charge in [0.1, 0.15) is 0 Å². The molecule has 14 heavy (non-hydrogen) atoms.